The highest BCUT2D eigenvalue weighted by atomic mass is 33.1. The molecule has 2 rings (SSSR count). The predicted octanol–water partition coefficient (Wildman–Crippen LogP) is -3.42. The minimum absolute atomic E-state index is 0.00723. The van der Waals surface area contributed by atoms with Gasteiger partial charge in [0.25, 0.3) is 0 Å². The Morgan fingerprint density at radius 3 is 2.33 bits per heavy atom. The quantitative estimate of drug-likeness (QED) is 0.0523. The van der Waals surface area contributed by atoms with Crippen LogP contribution in [-0.2, 0) is 38.4 Å². The zero-order valence-corrected chi connectivity index (χ0v) is 29.5. The predicted molar refractivity (Wildman–Crippen MR) is 181 cm³/mol. The Labute approximate surface area is 291 Å². The monoisotopic (exact) mass is 730 g/mol. The third-order valence-electron chi connectivity index (χ3n) is 7.77. The standard InChI is InChI=1S/C28H46N10O9S2/c1-14(39)34-16-13-48-49-28(2,3)21(22(29)43)36-23(44)15(11-20(41)42)35-19(40)12-33-24(45)17(7-5-9-32-27(30)31)37(4)26(47)18-8-6-10-38(18)25(16)46/h15-18,21H,5-13H2,1-4H3,(H2,29,43)(H,33,45)(H,34,39)(H,35,40)(H,36,44)(H,41,42)(H4,30,31,32)/t15-,16-,17-,18-,21+/m0/s1. The Hall–Kier alpha value is -4.27. The molecule has 2 heterocycles. The molecule has 0 aliphatic carbocycles. The molecule has 2 fully saturated rings. The van der Waals surface area contributed by atoms with Gasteiger partial charge in [-0.1, -0.05) is 21.6 Å². The summed E-state index contributed by atoms with van der Waals surface area (Å²) in [5.41, 5.74) is 16.4. The molecule has 274 valence electrons. The van der Waals surface area contributed by atoms with Crippen molar-refractivity contribution in [3.05, 3.63) is 0 Å². The van der Waals surface area contributed by atoms with Gasteiger partial charge < -0.3 is 53.4 Å². The molecule has 7 amide bonds. The van der Waals surface area contributed by atoms with Crippen molar-refractivity contribution in [2.75, 3.05) is 32.4 Å². The largest absolute Gasteiger partial charge is 0.481 e. The van der Waals surface area contributed by atoms with Crippen molar-refractivity contribution in [2.45, 2.75) is 87.8 Å². The number of aliphatic imine (C=N–C) groups is 1. The third kappa shape index (κ3) is 12.3. The van der Waals surface area contributed by atoms with Gasteiger partial charge in [0.05, 0.1) is 13.0 Å². The number of carboxylic acids is 1. The Kier molecular flexibility index (Phi) is 15.4. The van der Waals surface area contributed by atoms with E-state index >= 15 is 0 Å². The smallest absolute Gasteiger partial charge is 0.305 e. The number of carboxylic acid groups (broad SMARTS) is 1. The van der Waals surface area contributed by atoms with Crippen molar-refractivity contribution < 1.29 is 43.5 Å². The number of primary amides is 1. The average molecular weight is 731 g/mol. The Bertz CT molecular complexity index is 1330. The molecule has 0 saturated carbocycles. The number of hydrogen-bond acceptors (Lipinski definition) is 11. The summed E-state index contributed by atoms with van der Waals surface area (Å²) < 4.78 is -1.15. The van der Waals surface area contributed by atoms with E-state index in [0.717, 1.165) is 21.6 Å². The molecule has 19 nitrogen and oxygen atoms in total. The van der Waals surface area contributed by atoms with E-state index in [2.05, 4.69) is 26.3 Å². The van der Waals surface area contributed by atoms with Crippen molar-refractivity contribution in [1.82, 2.24) is 31.1 Å². The lowest BCUT2D eigenvalue weighted by Crippen LogP contribution is -2.60. The molecule has 2 aliphatic heterocycles. The van der Waals surface area contributed by atoms with Crippen LogP contribution in [-0.4, -0.2) is 136 Å². The fourth-order valence-electron chi connectivity index (χ4n) is 5.34. The van der Waals surface area contributed by atoms with E-state index in [-0.39, 0.29) is 37.6 Å². The second-order valence-corrected chi connectivity index (χ2v) is 15.1. The lowest BCUT2D eigenvalue weighted by atomic mass is 10.0. The zero-order valence-electron chi connectivity index (χ0n) is 27.9. The number of amides is 7. The highest BCUT2D eigenvalue weighted by Crippen LogP contribution is 2.39. The molecule has 0 bridgehead atoms. The number of rotatable bonds is 8. The molecule has 21 heteroatoms. The molecule has 0 unspecified atom stereocenters. The fraction of sp³-hybridized carbons (Fsp3) is 0.679. The maximum Gasteiger partial charge on any atom is 0.305 e. The number of carbonyl (C=O) groups is 8. The van der Waals surface area contributed by atoms with Gasteiger partial charge >= 0.3 is 5.97 Å². The van der Waals surface area contributed by atoms with E-state index in [9.17, 15) is 43.5 Å². The van der Waals surface area contributed by atoms with Gasteiger partial charge in [0.2, 0.25) is 41.4 Å². The molecule has 0 radical (unpaired) electrons. The van der Waals surface area contributed by atoms with Crippen molar-refractivity contribution in [3.8, 4) is 0 Å². The van der Waals surface area contributed by atoms with Crippen LogP contribution >= 0.6 is 21.6 Å². The van der Waals surface area contributed by atoms with Crippen LogP contribution in [0.15, 0.2) is 4.99 Å². The van der Waals surface area contributed by atoms with Crippen molar-refractivity contribution in [3.63, 3.8) is 0 Å². The van der Waals surface area contributed by atoms with Gasteiger partial charge in [-0.2, -0.15) is 0 Å². The number of nitrogens with zero attached hydrogens (tertiary/aromatic N) is 3. The maximum absolute atomic E-state index is 13.9. The summed E-state index contributed by atoms with van der Waals surface area (Å²) in [7, 11) is 3.57. The van der Waals surface area contributed by atoms with E-state index in [1.165, 1.54) is 23.8 Å². The molecule has 11 N–H and O–H groups in total. The summed E-state index contributed by atoms with van der Waals surface area (Å²) in [6.45, 7) is 4.06. The van der Waals surface area contributed by atoms with Crippen LogP contribution in [0, 0.1) is 0 Å². The van der Waals surface area contributed by atoms with Crippen molar-refractivity contribution in [1.29, 1.82) is 0 Å². The molecular weight excluding hydrogens is 685 g/mol. The van der Waals surface area contributed by atoms with Gasteiger partial charge in [0.15, 0.2) is 5.96 Å². The number of guanidine groups is 1. The Morgan fingerprint density at radius 1 is 1.06 bits per heavy atom. The number of carbonyl (C=O) groups excluding carboxylic acids is 7. The summed E-state index contributed by atoms with van der Waals surface area (Å²) in [5, 5.41) is 19.1. The van der Waals surface area contributed by atoms with Gasteiger partial charge in [-0.3, -0.25) is 43.3 Å². The topological polar surface area (TPSA) is 302 Å². The van der Waals surface area contributed by atoms with Crippen molar-refractivity contribution >= 4 is 74.9 Å². The molecule has 2 saturated heterocycles. The average Bonchev–Trinajstić information content (AvgIpc) is 3.49. The molecule has 2 aliphatic rings. The van der Waals surface area contributed by atoms with Crippen LogP contribution < -0.4 is 38.5 Å². The fourth-order valence-corrected chi connectivity index (χ4v) is 8.15. The van der Waals surface area contributed by atoms with Crippen LogP contribution in [0.5, 0.6) is 0 Å². The van der Waals surface area contributed by atoms with Crippen LogP contribution in [0.3, 0.4) is 0 Å². The number of nitrogens with one attached hydrogen (secondary N) is 4. The first-order valence-electron chi connectivity index (χ1n) is 15.4. The summed E-state index contributed by atoms with van der Waals surface area (Å²) in [6.07, 6.45) is 0.236. The Morgan fingerprint density at radius 2 is 1.73 bits per heavy atom. The number of aliphatic carboxylic acids is 1. The van der Waals surface area contributed by atoms with Gasteiger partial charge in [-0.25, -0.2) is 0 Å². The van der Waals surface area contributed by atoms with Crippen LogP contribution in [0.4, 0.5) is 0 Å². The maximum atomic E-state index is 13.9. The highest BCUT2D eigenvalue weighted by molar-refractivity contribution is 8.77. The number of likely N-dealkylation sites (N-methyl/N-ethyl adjacent to an activating group) is 1. The molecule has 0 spiro atoms. The number of hydrogen-bond donors (Lipinski definition) is 8. The summed E-state index contributed by atoms with van der Waals surface area (Å²) in [4.78, 5) is 110. The number of nitrogens with two attached hydrogens (primary N) is 3. The van der Waals surface area contributed by atoms with E-state index in [0.29, 0.717) is 12.8 Å². The normalized spacial score (nSPS) is 26.0. The summed E-state index contributed by atoms with van der Waals surface area (Å²) in [6, 6.07) is -6.20. The van der Waals surface area contributed by atoms with Crippen LogP contribution in [0.25, 0.3) is 0 Å². The van der Waals surface area contributed by atoms with Gasteiger partial charge in [0, 0.05) is 37.6 Å². The number of fused-ring (bicyclic) bond motifs is 1. The van der Waals surface area contributed by atoms with E-state index in [4.69, 9.17) is 17.2 Å². The second-order valence-electron chi connectivity index (χ2n) is 12.1. The lowest BCUT2D eigenvalue weighted by molar-refractivity contribution is -0.148. The van der Waals surface area contributed by atoms with E-state index in [1.807, 2.05) is 0 Å². The van der Waals surface area contributed by atoms with Crippen molar-refractivity contribution in [2.24, 2.45) is 22.2 Å². The highest BCUT2D eigenvalue weighted by Gasteiger charge is 2.42. The van der Waals surface area contributed by atoms with Gasteiger partial charge in [0.1, 0.15) is 30.2 Å². The third-order valence-corrected chi connectivity index (χ3v) is 11.1. The van der Waals surface area contributed by atoms with E-state index < -0.39 is 95.2 Å². The van der Waals surface area contributed by atoms with Gasteiger partial charge in [-0.05, 0) is 39.5 Å². The lowest BCUT2D eigenvalue weighted by Gasteiger charge is -2.35. The zero-order chi connectivity index (χ0) is 37.1. The minimum Gasteiger partial charge on any atom is -0.481 e. The molecule has 49 heavy (non-hydrogen) atoms. The first-order valence-corrected chi connectivity index (χ1v) is 17.8. The minimum atomic E-state index is -1.66. The van der Waals surface area contributed by atoms with Crippen LogP contribution in [0.1, 0.15) is 52.9 Å². The molecule has 0 aromatic heterocycles. The molecular formula is C28H46N10O9S2. The Balaban J connectivity index is 2.53. The molecule has 0 aromatic carbocycles. The summed E-state index contributed by atoms with van der Waals surface area (Å²) >= 11 is 0. The molecule has 0 aromatic rings. The van der Waals surface area contributed by atoms with E-state index in [1.54, 1.807) is 13.8 Å². The summed E-state index contributed by atoms with van der Waals surface area (Å²) in [5.74, 6) is -6.82. The first kappa shape index (κ1) is 40.9. The van der Waals surface area contributed by atoms with Crippen LogP contribution in [0.2, 0.25) is 0 Å². The molecule has 5 atom stereocenters. The first-order chi connectivity index (χ1) is 22.8. The van der Waals surface area contributed by atoms with Gasteiger partial charge in [-0.15, -0.1) is 0 Å². The second kappa shape index (κ2) is 18.5. The SMILES string of the molecule is CC(=O)N[C@H]1CSSC(C)(C)[C@@H](C(N)=O)NC(=O)[C@H](CC(=O)O)NC(=O)CNC(=O)[C@H](CCCN=C(N)N)N(C)C(=O)[C@@H]2CCCN2C1=O.